The van der Waals surface area contributed by atoms with Crippen LogP contribution in [0.4, 0.5) is 5.69 Å². The number of carbonyl (C=O) groups is 2. The Hall–Kier alpha value is -2.99. The van der Waals surface area contributed by atoms with E-state index in [2.05, 4.69) is 10.6 Å². The monoisotopic (exact) mass is 380 g/mol. The minimum atomic E-state index is -0.263. The third-order valence-electron chi connectivity index (χ3n) is 3.79. The Kier molecular flexibility index (Phi) is 6.71. The van der Waals surface area contributed by atoms with E-state index in [0.717, 1.165) is 4.90 Å². The lowest BCUT2D eigenvalue weighted by Crippen LogP contribution is -2.24. The Bertz CT molecular complexity index is 879. The average Bonchev–Trinajstić information content (AvgIpc) is 3.21. The molecule has 27 heavy (non-hydrogen) atoms. The van der Waals surface area contributed by atoms with Crippen molar-refractivity contribution in [2.24, 2.45) is 0 Å². The van der Waals surface area contributed by atoms with Crippen molar-refractivity contribution in [1.82, 2.24) is 5.32 Å². The van der Waals surface area contributed by atoms with E-state index in [1.54, 1.807) is 54.4 Å². The van der Waals surface area contributed by atoms with Gasteiger partial charge in [0.25, 0.3) is 5.91 Å². The Morgan fingerprint density at radius 1 is 0.926 bits per heavy atom. The number of hydrogen-bond donors (Lipinski definition) is 2. The van der Waals surface area contributed by atoms with E-state index in [4.69, 9.17) is 4.42 Å². The number of furan rings is 1. The van der Waals surface area contributed by atoms with Gasteiger partial charge < -0.3 is 15.1 Å². The van der Waals surface area contributed by atoms with Gasteiger partial charge in [-0.25, -0.2) is 0 Å². The number of para-hydroxylation sites is 1. The first-order valence-corrected chi connectivity index (χ1v) is 9.58. The molecule has 2 aromatic carbocycles. The SMILES string of the molecule is O=C(CCSc1ccccc1)Nc1ccccc1C(=O)NCc1ccco1. The number of benzene rings is 2. The van der Waals surface area contributed by atoms with E-state index in [1.165, 1.54) is 0 Å². The van der Waals surface area contributed by atoms with Gasteiger partial charge in [0, 0.05) is 17.1 Å². The fourth-order valence-corrected chi connectivity index (χ4v) is 3.33. The molecule has 0 unspecified atom stereocenters. The van der Waals surface area contributed by atoms with Gasteiger partial charge in [0.2, 0.25) is 5.91 Å². The molecule has 3 rings (SSSR count). The third kappa shape index (κ3) is 5.76. The Labute approximate surface area is 162 Å². The number of hydrogen-bond acceptors (Lipinski definition) is 4. The van der Waals surface area contributed by atoms with Crippen molar-refractivity contribution in [3.63, 3.8) is 0 Å². The lowest BCUT2D eigenvalue weighted by Gasteiger charge is -2.11. The zero-order valence-electron chi connectivity index (χ0n) is 14.7. The van der Waals surface area contributed by atoms with Crippen LogP contribution in [0.25, 0.3) is 0 Å². The summed E-state index contributed by atoms with van der Waals surface area (Å²) in [6.45, 7) is 0.293. The molecule has 6 heteroatoms. The summed E-state index contributed by atoms with van der Waals surface area (Å²) < 4.78 is 5.21. The summed E-state index contributed by atoms with van der Waals surface area (Å²) in [5, 5.41) is 5.63. The quantitative estimate of drug-likeness (QED) is 0.571. The molecule has 3 aromatic rings. The summed E-state index contributed by atoms with van der Waals surface area (Å²) in [7, 11) is 0. The summed E-state index contributed by atoms with van der Waals surface area (Å²) in [5.74, 6) is 0.955. The molecule has 2 N–H and O–H groups in total. The van der Waals surface area contributed by atoms with E-state index >= 15 is 0 Å². The van der Waals surface area contributed by atoms with Gasteiger partial charge in [-0.2, -0.15) is 0 Å². The van der Waals surface area contributed by atoms with Crippen LogP contribution in [-0.4, -0.2) is 17.6 Å². The highest BCUT2D eigenvalue weighted by Gasteiger charge is 2.13. The lowest BCUT2D eigenvalue weighted by atomic mass is 10.1. The van der Waals surface area contributed by atoms with Gasteiger partial charge >= 0.3 is 0 Å². The lowest BCUT2D eigenvalue weighted by molar-refractivity contribution is -0.115. The standard InChI is InChI=1S/C21H20N2O3S/c24-20(12-14-27-17-8-2-1-3-9-17)23-19-11-5-4-10-18(19)21(25)22-15-16-7-6-13-26-16/h1-11,13H,12,14-15H2,(H,22,25)(H,23,24). The molecule has 138 valence electrons. The van der Waals surface area contributed by atoms with Crippen LogP contribution >= 0.6 is 11.8 Å². The van der Waals surface area contributed by atoms with Crippen molar-refractivity contribution >= 4 is 29.3 Å². The molecule has 0 atom stereocenters. The van der Waals surface area contributed by atoms with Gasteiger partial charge in [-0.3, -0.25) is 9.59 Å². The molecule has 1 aromatic heterocycles. The van der Waals surface area contributed by atoms with Crippen molar-refractivity contribution < 1.29 is 14.0 Å². The molecule has 0 aliphatic heterocycles. The van der Waals surface area contributed by atoms with Crippen LogP contribution in [0.1, 0.15) is 22.5 Å². The van der Waals surface area contributed by atoms with Crippen LogP contribution in [0.15, 0.2) is 82.3 Å². The molecule has 0 saturated heterocycles. The molecule has 0 saturated carbocycles. The van der Waals surface area contributed by atoms with Crippen molar-refractivity contribution in [3.05, 3.63) is 84.3 Å². The van der Waals surface area contributed by atoms with Gasteiger partial charge in [-0.15, -0.1) is 11.8 Å². The summed E-state index contributed by atoms with van der Waals surface area (Å²) in [6.07, 6.45) is 1.92. The predicted molar refractivity (Wildman–Crippen MR) is 107 cm³/mol. The smallest absolute Gasteiger partial charge is 0.253 e. The molecule has 0 fully saturated rings. The number of amides is 2. The van der Waals surface area contributed by atoms with E-state index < -0.39 is 0 Å². The van der Waals surface area contributed by atoms with E-state index in [-0.39, 0.29) is 11.8 Å². The van der Waals surface area contributed by atoms with Crippen LogP contribution in [-0.2, 0) is 11.3 Å². The molecule has 0 aliphatic rings. The predicted octanol–water partition coefficient (Wildman–Crippen LogP) is 4.33. The normalized spacial score (nSPS) is 10.4. The summed E-state index contributed by atoms with van der Waals surface area (Å²) in [6, 6.07) is 20.5. The van der Waals surface area contributed by atoms with E-state index in [9.17, 15) is 9.59 Å². The molecular formula is C21H20N2O3S. The number of thioether (sulfide) groups is 1. The van der Waals surface area contributed by atoms with Crippen molar-refractivity contribution in [2.45, 2.75) is 17.9 Å². The van der Waals surface area contributed by atoms with Gasteiger partial charge in [-0.1, -0.05) is 30.3 Å². The number of anilines is 1. The second-order valence-electron chi connectivity index (χ2n) is 5.77. The zero-order valence-corrected chi connectivity index (χ0v) is 15.5. The molecule has 2 amide bonds. The van der Waals surface area contributed by atoms with Gasteiger partial charge in [-0.05, 0) is 36.4 Å². The third-order valence-corrected chi connectivity index (χ3v) is 4.80. The second kappa shape index (κ2) is 9.64. The van der Waals surface area contributed by atoms with Crippen molar-refractivity contribution in [2.75, 3.05) is 11.1 Å². The Morgan fingerprint density at radius 2 is 1.70 bits per heavy atom. The highest BCUT2D eigenvalue weighted by molar-refractivity contribution is 7.99. The van der Waals surface area contributed by atoms with Crippen LogP contribution in [0, 0.1) is 0 Å². The van der Waals surface area contributed by atoms with Crippen LogP contribution in [0.3, 0.4) is 0 Å². The Balaban J connectivity index is 1.53. The maximum atomic E-state index is 12.4. The van der Waals surface area contributed by atoms with E-state index in [1.807, 2.05) is 30.3 Å². The molecule has 1 heterocycles. The van der Waals surface area contributed by atoms with Crippen molar-refractivity contribution in [3.8, 4) is 0 Å². The molecule has 0 spiro atoms. The van der Waals surface area contributed by atoms with Gasteiger partial charge in [0.15, 0.2) is 0 Å². The summed E-state index contributed by atoms with van der Waals surface area (Å²) in [5.41, 5.74) is 0.928. The minimum absolute atomic E-state index is 0.121. The number of nitrogens with one attached hydrogen (secondary N) is 2. The maximum absolute atomic E-state index is 12.4. The van der Waals surface area contributed by atoms with Crippen LogP contribution in [0.5, 0.6) is 0 Å². The molecule has 0 bridgehead atoms. The largest absolute Gasteiger partial charge is 0.467 e. The summed E-state index contributed by atoms with van der Waals surface area (Å²) in [4.78, 5) is 25.8. The first kappa shape index (κ1) is 18.8. The highest BCUT2D eigenvalue weighted by Crippen LogP contribution is 2.19. The minimum Gasteiger partial charge on any atom is -0.467 e. The first-order valence-electron chi connectivity index (χ1n) is 8.59. The van der Waals surface area contributed by atoms with Gasteiger partial charge in [0.05, 0.1) is 24.1 Å². The maximum Gasteiger partial charge on any atom is 0.253 e. The molecule has 0 radical (unpaired) electrons. The molecule has 0 aliphatic carbocycles. The topological polar surface area (TPSA) is 71.3 Å². The fourth-order valence-electron chi connectivity index (χ4n) is 2.46. The van der Waals surface area contributed by atoms with Crippen LogP contribution < -0.4 is 10.6 Å². The second-order valence-corrected chi connectivity index (χ2v) is 6.94. The van der Waals surface area contributed by atoms with Crippen LogP contribution in [0.2, 0.25) is 0 Å². The highest BCUT2D eigenvalue weighted by atomic mass is 32.2. The molecule has 5 nitrogen and oxygen atoms in total. The number of carbonyl (C=O) groups excluding carboxylic acids is 2. The molecular weight excluding hydrogens is 360 g/mol. The first-order chi connectivity index (χ1) is 13.2. The van der Waals surface area contributed by atoms with Crippen molar-refractivity contribution in [1.29, 1.82) is 0 Å². The zero-order chi connectivity index (χ0) is 18.9. The Morgan fingerprint density at radius 3 is 2.48 bits per heavy atom. The van der Waals surface area contributed by atoms with Gasteiger partial charge in [0.1, 0.15) is 5.76 Å². The average molecular weight is 380 g/mol. The fraction of sp³-hybridized carbons (Fsp3) is 0.143. The number of rotatable bonds is 8. The van der Waals surface area contributed by atoms with E-state index in [0.29, 0.717) is 35.7 Å². The summed E-state index contributed by atoms with van der Waals surface area (Å²) >= 11 is 1.63.